The highest BCUT2D eigenvalue weighted by Gasteiger charge is 2.17. The molecule has 1 unspecified atom stereocenters. The lowest BCUT2D eigenvalue weighted by atomic mass is 10.1. The number of amides is 1. The first kappa shape index (κ1) is 16.1. The van der Waals surface area contributed by atoms with E-state index in [1.54, 1.807) is 0 Å². The van der Waals surface area contributed by atoms with Crippen LogP contribution in [0.5, 0.6) is 11.5 Å². The minimum absolute atomic E-state index is 0.117. The second kappa shape index (κ2) is 7.68. The standard InChI is InChI=1S/C18H26N2O3/c1-14(20-9-3-2-4-10-20)12-19-18(21)8-6-15-5-7-16-17(11-15)23-13-22-16/h5,7,11,14H,2-4,6,8-10,12-13H2,1H3,(H,19,21). The molecular weight excluding hydrogens is 292 g/mol. The molecule has 2 heterocycles. The summed E-state index contributed by atoms with van der Waals surface area (Å²) in [6.45, 7) is 5.54. The number of hydrogen-bond acceptors (Lipinski definition) is 4. The largest absolute Gasteiger partial charge is 0.454 e. The van der Waals surface area contributed by atoms with Gasteiger partial charge in [0.2, 0.25) is 12.7 Å². The van der Waals surface area contributed by atoms with Crippen LogP contribution in [0.3, 0.4) is 0 Å². The molecule has 0 aliphatic carbocycles. The molecule has 23 heavy (non-hydrogen) atoms. The van der Waals surface area contributed by atoms with E-state index in [1.165, 1.54) is 19.3 Å². The first-order valence-electron chi connectivity index (χ1n) is 8.61. The van der Waals surface area contributed by atoms with Crippen molar-refractivity contribution >= 4 is 5.91 Å². The van der Waals surface area contributed by atoms with E-state index in [0.717, 1.165) is 43.1 Å². The average Bonchev–Trinajstić information content (AvgIpc) is 3.06. The van der Waals surface area contributed by atoms with E-state index in [1.807, 2.05) is 18.2 Å². The van der Waals surface area contributed by atoms with Crippen LogP contribution in [0.2, 0.25) is 0 Å². The van der Waals surface area contributed by atoms with Gasteiger partial charge in [-0.25, -0.2) is 0 Å². The second-order valence-electron chi connectivity index (χ2n) is 6.44. The summed E-state index contributed by atoms with van der Waals surface area (Å²) in [6, 6.07) is 6.29. The Balaban J connectivity index is 1.39. The molecule has 0 bridgehead atoms. The zero-order valence-electron chi connectivity index (χ0n) is 13.8. The van der Waals surface area contributed by atoms with Crippen molar-refractivity contribution in [2.24, 2.45) is 0 Å². The third-order valence-electron chi connectivity index (χ3n) is 4.69. The SMILES string of the molecule is CC(CNC(=O)CCc1ccc2c(c1)OCO2)N1CCCCC1. The molecule has 1 N–H and O–H groups in total. The van der Waals surface area contributed by atoms with Crippen LogP contribution < -0.4 is 14.8 Å². The van der Waals surface area contributed by atoms with Gasteiger partial charge < -0.3 is 14.8 Å². The molecule has 1 aromatic carbocycles. The van der Waals surface area contributed by atoms with Gasteiger partial charge in [0, 0.05) is 19.0 Å². The summed E-state index contributed by atoms with van der Waals surface area (Å²) in [4.78, 5) is 14.5. The van der Waals surface area contributed by atoms with E-state index in [2.05, 4.69) is 17.1 Å². The Bertz CT molecular complexity index is 541. The van der Waals surface area contributed by atoms with Crippen LogP contribution in [-0.4, -0.2) is 43.3 Å². The number of nitrogens with zero attached hydrogens (tertiary/aromatic N) is 1. The van der Waals surface area contributed by atoms with Crippen LogP contribution >= 0.6 is 0 Å². The fraction of sp³-hybridized carbons (Fsp3) is 0.611. The van der Waals surface area contributed by atoms with Crippen LogP contribution in [-0.2, 0) is 11.2 Å². The van der Waals surface area contributed by atoms with Crippen LogP contribution in [0.4, 0.5) is 0 Å². The number of aryl methyl sites for hydroxylation is 1. The first-order valence-corrected chi connectivity index (χ1v) is 8.61. The number of piperidine rings is 1. The predicted octanol–water partition coefficient (Wildman–Crippen LogP) is 2.34. The summed E-state index contributed by atoms with van der Waals surface area (Å²) < 4.78 is 10.7. The molecule has 0 aromatic heterocycles. The molecule has 5 heteroatoms. The van der Waals surface area contributed by atoms with Crippen molar-refractivity contribution in [3.05, 3.63) is 23.8 Å². The molecule has 2 aliphatic rings. The number of benzene rings is 1. The van der Waals surface area contributed by atoms with Crippen LogP contribution in [0.1, 0.15) is 38.2 Å². The Labute approximate surface area is 137 Å². The van der Waals surface area contributed by atoms with Gasteiger partial charge in [-0.05, 0) is 57.0 Å². The molecule has 0 spiro atoms. The number of carbonyl (C=O) groups excluding carboxylic acids is 1. The number of hydrogen-bond donors (Lipinski definition) is 1. The van der Waals surface area contributed by atoms with Crippen molar-refractivity contribution < 1.29 is 14.3 Å². The summed E-state index contributed by atoms with van der Waals surface area (Å²) in [6.07, 6.45) is 5.13. The lowest BCUT2D eigenvalue weighted by molar-refractivity contribution is -0.121. The highest BCUT2D eigenvalue weighted by Crippen LogP contribution is 2.32. The van der Waals surface area contributed by atoms with Crippen LogP contribution in [0.25, 0.3) is 0 Å². The molecule has 1 atom stereocenters. The van der Waals surface area contributed by atoms with Crippen molar-refractivity contribution in [1.82, 2.24) is 10.2 Å². The fourth-order valence-corrected chi connectivity index (χ4v) is 3.19. The molecule has 5 nitrogen and oxygen atoms in total. The van der Waals surface area contributed by atoms with E-state index >= 15 is 0 Å². The van der Waals surface area contributed by atoms with Gasteiger partial charge >= 0.3 is 0 Å². The lowest BCUT2D eigenvalue weighted by Crippen LogP contribution is -2.44. The maximum absolute atomic E-state index is 12.1. The summed E-state index contributed by atoms with van der Waals surface area (Å²) >= 11 is 0. The Hall–Kier alpha value is -1.75. The molecule has 2 aliphatic heterocycles. The van der Waals surface area contributed by atoms with E-state index in [9.17, 15) is 4.79 Å². The number of fused-ring (bicyclic) bond motifs is 1. The van der Waals surface area contributed by atoms with Crippen molar-refractivity contribution in [2.75, 3.05) is 26.4 Å². The van der Waals surface area contributed by atoms with Gasteiger partial charge in [-0.15, -0.1) is 0 Å². The van der Waals surface area contributed by atoms with Crippen molar-refractivity contribution in [2.45, 2.75) is 45.1 Å². The van der Waals surface area contributed by atoms with E-state index in [-0.39, 0.29) is 12.7 Å². The topological polar surface area (TPSA) is 50.8 Å². The monoisotopic (exact) mass is 318 g/mol. The Morgan fingerprint density at radius 2 is 2.00 bits per heavy atom. The number of nitrogens with one attached hydrogen (secondary N) is 1. The summed E-state index contributed by atoms with van der Waals surface area (Å²) in [5, 5.41) is 3.07. The molecule has 1 fully saturated rings. The lowest BCUT2D eigenvalue weighted by Gasteiger charge is -2.32. The maximum atomic E-state index is 12.1. The summed E-state index contributed by atoms with van der Waals surface area (Å²) in [5.41, 5.74) is 1.11. The van der Waals surface area contributed by atoms with Gasteiger partial charge in [-0.3, -0.25) is 9.69 Å². The Morgan fingerprint density at radius 3 is 2.83 bits per heavy atom. The molecule has 1 amide bonds. The zero-order chi connectivity index (χ0) is 16.1. The fourth-order valence-electron chi connectivity index (χ4n) is 3.19. The van der Waals surface area contributed by atoms with Gasteiger partial charge in [0.25, 0.3) is 0 Å². The molecular formula is C18H26N2O3. The van der Waals surface area contributed by atoms with Crippen LogP contribution in [0, 0.1) is 0 Å². The van der Waals surface area contributed by atoms with Gasteiger partial charge in [0.15, 0.2) is 11.5 Å². The molecule has 126 valence electrons. The third kappa shape index (κ3) is 4.38. The smallest absolute Gasteiger partial charge is 0.231 e. The molecule has 1 saturated heterocycles. The Kier molecular flexibility index (Phi) is 5.39. The van der Waals surface area contributed by atoms with Crippen molar-refractivity contribution in [1.29, 1.82) is 0 Å². The molecule has 1 aromatic rings. The molecule has 3 rings (SSSR count). The van der Waals surface area contributed by atoms with E-state index in [4.69, 9.17) is 9.47 Å². The number of rotatable bonds is 6. The second-order valence-corrected chi connectivity index (χ2v) is 6.44. The predicted molar refractivity (Wildman–Crippen MR) is 88.8 cm³/mol. The maximum Gasteiger partial charge on any atom is 0.231 e. The minimum atomic E-state index is 0.117. The quantitative estimate of drug-likeness (QED) is 0.875. The van der Waals surface area contributed by atoms with Gasteiger partial charge in [-0.1, -0.05) is 12.5 Å². The highest BCUT2D eigenvalue weighted by atomic mass is 16.7. The summed E-state index contributed by atoms with van der Waals surface area (Å²) in [7, 11) is 0. The molecule has 0 saturated carbocycles. The highest BCUT2D eigenvalue weighted by molar-refractivity contribution is 5.76. The number of carbonyl (C=O) groups is 1. The normalized spacial score (nSPS) is 18.7. The van der Waals surface area contributed by atoms with Gasteiger partial charge in [0.05, 0.1) is 0 Å². The van der Waals surface area contributed by atoms with Gasteiger partial charge in [-0.2, -0.15) is 0 Å². The Morgan fingerprint density at radius 1 is 1.22 bits per heavy atom. The van der Waals surface area contributed by atoms with Crippen LogP contribution in [0.15, 0.2) is 18.2 Å². The van der Waals surface area contributed by atoms with Gasteiger partial charge in [0.1, 0.15) is 0 Å². The van der Waals surface area contributed by atoms with E-state index in [0.29, 0.717) is 12.5 Å². The zero-order valence-corrected chi connectivity index (χ0v) is 13.8. The van der Waals surface area contributed by atoms with E-state index < -0.39 is 0 Å². The summed E-state index contributed by atoms with van der Waals surface area (Å²) in [5.74, 6) is 1.68. The van der Waals surface area contributed by atoms with Crippen molar-refractivity contribution in [3.8, 4) is 11.5 Å². The minimum Gasteiger partial charge on any atom is -0.454 e. The number of likely N-dealkylation sites (tertiary alicyclic amines) is 1. The average molecular weight is 318 g/mol. The molecule has 0 radical (unpaired) electrons. The van der Waals surface area contributed by atoms with Crippen molar-refractivity contribution in [3.63, 3.8) is 0 Å². The third-order valence-corrected chi connectivity index (χ3v) is 4.69. The first-order chi connectivity index (χ1) is 11.2. The number of ether oxygens (including phenoxy) is 2.